The van der Waals surface area contributed by atoms with E-state index < -0.39 is 0 Å². The van der Waals surface area contributed by atoms with E-state index in [0.717, 1.165) is 24.5 Å². The highest BCUT2D eigenvalue weighted by Crippen LogP contribution is 2.20. The van der Waals surface area contributed by atoms with Gasteiger partial charge in [0.1, 0.15) is 17.3 Å². The number of H-pyrrole nitrogens is 1. The number of nitrogens with zero attached hydrogens (tertiary/aromatic N) is 2. The minimum absolute atomic E-state index is 0.280. The molecule has 7 heteroatoms. The predicted octanol–water partition coefficient (Wildman–Crippen LogP) is 2.47. The highest BCUT2D eigenvalue weighted by Gasteiger charge is 2.17. The molecule has 1 aliphatic rings. The van der Waals surface area contributed by atoms with Crippen molar-refractivity contribution >= 4 is 22.6 Å². The van der Waals surface area contributed by atoms with Crippen LogP contribution < -0.4 is 10.2 Å². The van der Waals surface area contributed by atoms with Crippen LogP contribution in [0.15, 0.2) is 42.6 Å². The summed E-state index contributed by atoms with van der Waals surface area (Å²) in [4.78, 5) is 22.0. The number of nitrogens with one attached hydrogen (secondary N) is 2. The first-order chi connectivity index (χ1) is 12.7. The molecule has 0 spiro atoms. The van der Waals surface area contributed by atoms with E-state index in [1.165, 1.54) is 12.1 Å². The van der Waals surface area contributed by atoms with Gasteiger partial charge in [-0.2, -0.15) is 0 Å². The van der Waals surface area contributed by atoms with Crippen molar-refractivity contribution in [2.75, 3.05) is 31.2 Å². The summed E-state index contributed by atoms with van der Waals surface area (Å²) in [6.07, 6.45) is 1.75. The number of hydrogen-bond acceptors (Lipinski definition) is 4. The summed E-state index contributed by atoms with van der Waals surface area (Å²) in [7, 11) is 0. The number of hydrogen-bond donors (Lipinski definition) is 2. The van der Waals surface area contributed by atoms with Gasteiger partial charge in [-0.3, -0.25) is 4.79 Å². The Morgan fingerprint density at radius 3 is 2.92 bits per heavy atom. The molecule has 2 N–H and O–H groups in total. The highest BCUT2D eigenvalue weighted by atomic mass is 19.1. The summed E-state index contributed by atoms with van der Waals surface area (Å²) in [5.41, 5.74) is 1.87. The fourth-order valence-corrected chi connectivity index (χ4v) is 3.14. The molecule has 0 unspecified atom stereocenters. The number of carbonyl (C=O) groups excluding carboxylic acids is 1. The molecule has 4 rings (SSSR count). The molecule has 0 saturated carbocycles. The third kappa shape index (κ3) is 3.25. The molecule has 3 heterocycles. The molecule has 1 fully saturated rings. The largest absolute Gasteiger partial charge is 0.378 e. The van der Waals surface area contributed by atoms with Crippen LogP contribution >= 0.6 is 0 Å². The summed E-state index contributed by atoms with van der Waals surface area (Å²) in [6, 6.07) is 10.1. The van der Waals surface area contributed by atoms with Crippen LogP contribution in [-0.2, 0) is 11.3 Å². The maximum Gasteiger partial charge on any atom is 0.268 e. The van der Waals surface area contributed by atoms with Crippen molar-refractivity contribution in [2.45, 2.75) is 6.54 Å². The van der Waals surface area contributed by atoms with Crippen LogP contribution in [0.2, 0.25) is 0 Å². The zero-order chi connectivity index (χ0) is 17.9. The Hall–Kier alpha value is -2.93. The van der Waals surface area contributed by atoms with Gasteiger partial charge >= 0.3 is 0 Å². The minimum Gasteiger partial charge on any atom is -0.378 e. The second kappa shape index (κ2) is 7.13. The number of benzene rings is 1. The molecule has 1 saturated heterocycles. The van der Waals surface area contributed by atoms with Gasteiger partial charge in [0, 0.05) is 42.3 Å². The first-order valence-electron chi connectivity index (χ1n) is 8.54. The molecule has 1 amide bonds. The van der Waals surface area contributed by atoms with Gasteiger partial charge < -0.3 is 19.9 Å². The van der Waals surface area contributed by atoms with Crippen LogP contribution in [0.3, 0.4) is 0 Å². The van der Waals surface area contributed by atoms with E-state index in [1.807, 2.05) is 12.1 Å². The first-order valence-corrected chi connectivity index (χ1v) is 8.54. The van der Waals surface area contributed by atoms with E-state index in [9.17, 15) is 9.18 Å². The van der Waals surface area contributed by atoms with Gasteiger partial charge in [-0.05, 0) is 24.3 Å². The summed E-state index contributed by atoms with van der Waals surface area (Å²) in [6.45, 7) is 3.24. The predicted molar refractivity (Wildman–Crippen MR) is 96.7 cm³/mol. The molecule has 134 valence electrons. The molecule has 3 aromatic rings. The van der Waals surface area contributed by atoms with Crippen LogP contribution in [-0.4, -0.2) is 42.2 Å². The normalized spacial score (nSPS) is 14.6. The van der Waals surface area contributed by atoms with E-state index >= 15 is 0 Å². The van der Waals surface area contributed by atoms with Crippen molar-refractivity contribution in [2.24, 2.45) is 0 Å². The van der Waals surface area contributed by atoms with Crippen LogP contribution in [0, 0.1) is 5.82 Å². The lowest BCUT2D eigenvalue weighted by Crippen LogP contribution is -2.37. The Morgan fingerprint density at radius 1 is 1.27 bits per heavy atom. The summed E-state index contributed by atoms with van der Waals surface area (Å²) in [5.74, 6) is 0.232. The number of halogens is 1. The van der Waals surface area contributed by atoms with Gasteiger partial charge in [0.2, 0.25) is 0 Å². The zero-order valence-electron chi connectivity index (χ0n) is 14.2. The van der Waals surface area contributed by atoms with Gasteiger partial charge in [0.05, 0.1) is 13.2 Å². The molecule has 6 nitrogen and oxygen atoms in total. The lowest BCUT2D eigenvalue weighted by atomic mass is 10.2. The number of aromatic nitrogens is 2. The van der Waals surface area contributed by atoms with E-state index in [1.54, 1.807) is 18.3 Å². The monoisotopic (exact) mass is 354 g/mol. The third-order valence-electron chi connectivity index (χ3n) is 4.47. The zero-order valence-corrected chi connectivity index (χ0v) is 14.2. The Bertz CT molecular complexity index is 934. The smallest absolute Gasteiger partial charge is 0.268 e. The van der Waals surface area contributed by atoms with Gasteiger partial charge in [0.25, 0.3) is 5.91 Å². The molecule has 0 aliphatic carbocycles. The lowest BCUT2D eigenvalue weighted by Gasteiger charge is -2.29. The minimum atomic E-state index is -0.348. The second-order valence-electron chi connectivity index (χ2n) is 6.15. The van der Waals surface area contributed by atoms with Crippen molar-refractivity contribution in [1.82, 2.24) is 15.3 Å². The Labute approximate surface area is 150 Å². The maximum absolute atomic E-state index is 13.8. The lowest BCUT2D eigenvalue weighted by molar-refractivity contribution is 0.0946. The quantitative estimate of drug-likeness (QED) is 0.755. The average molecular weight is 354 g/mol. The molecular weight excluding hydrogens is 335 g/mol. The number of morpholine rings is 1. The molecule has 0 bridgehead atoms. The molecule has 0 atom stereocenters. The summed E-state index contributed by atoms with van der Waals surface area (Å²) < 4.78 is 19.2. The summed E-state index contributed by atoms with van der Waals surface area (Å²) in [5, 5.41) is 3.29. The number of amides is 1. The van der Waals surface area contributed by atoms with Gasteiger partial charge in [-0.1, -0.05) is 12.1 Å². The number of anilines is 1. The van der Waals surface area contributed by atoms with Crippen LogP contribution in [0.4, 0.5) is 10.2 Å². The Morgan fingerprint density at radius 2 is 2.12 bits per heavy atom. The number of fused-ring (bicyclic) bond motifs is 1. The van der Waals surface area contributed by atoms with Crippen molar-refractivity contribution in [3.63, 3.8) is 0 Å². The number of ether oxygens (including phenoxy) is 1. The Kier molecular flexibility index (Phi) is 4.53. The molecule has 2 aromatic heterocycles. The molecule has 0 radical (unpaired) electrons. The number of aromatic amines is 1. The standard InChI is InChI=1S/C19H19FN4O2/c20-15-4-1-5-16-14(15)11-17(23-16)19(25)22-12-13-3-2-6-21-18(13)24-7-9-26-10-8-24/h1-6,11,23H,7-10,12H2,(H,22,25). The van der Waals surface area contributed by atoms with Gasteiger partial charge in [-0.15, -0.1) is 0 Å². The third-order valence-corrected chi connectivity index (χ3v) is 4.47. The fourth-order valence-electron chi connectivity index (χ4n) is 3.14. The van der Waals surface area contributed by atoms with E-state index in [-0.39, 0.29) is 11.7 Å². The van der Waals surface area contributed by atoms with E-state index in [4.69, 9.17) is 4.74 Å². The van der Waals surface area contributed by atoms with E-state index in [2.05, 4.69) is 20.2 Å². The molecule has 26 heavy (non-hydrogen) atoms. The van der Waals surface area contributed by atoms with Crippen molar-refractivity contribution in [3.05, 3.63) is 59.7 Å². The van der Waals surface area contributed by atoms with Gasteiger partial charge in [0.15, 0.2) is 0 Å². The number of pyridine rings is 1. The van der Waals surface area contributed by atoms with Gasteiger partial charge in [-0.25, -0.2) is 9.37 Å². The van der Waals surface area contributed by atoms with Crippen LogP contribution in [0.25, 0.3) is 10.9 Å². The van der Waals surface area contributed by atoms with Crippen molar-refractivity contribution in [1.29, 1.82) is 0 Å². The SMILES string of the molecule is O=C(NCc1cccnc1N1CCOCC1)c1cc2c(F)cccc2[nH]1. The maximum atomic E-state index is 13.8. The highest BCUT2D eigenvalue weighted by molar-refractivity contribution is 5.98. The first kappa shape index (κ1) is 16.5. The van der Waals surface area contributed by atoms with Crippen molar-refractivity contribution in [3.8, 4) is 0 Å². The van der Waals surface area contributed by atoms with Crippen LogP contribution in [0.1, 0.15) is 16.1 Å². The van der Waals surface area contributed by atoms with E-state index in [0.29, 0.717) is 36.4 Å². The molecule has 1 aliphatic heterocycles. The second-order valence-corrected chi connectivity index (χ2v) is 6.15. The van der Waals surface area contributed by atoms with Crippen LogP contribution in [0.5, 0.6) is 0 Å². The fraction of sp³-hybridized carbons (Fsp3) is 0.263. The number of rotatable bonds is 4. The Balaban J connectivity index is 1.50. The topological polar surface area (TPSA) is 70.2 Å². The average Bonchev–Trinajstić information content (AvgIpc) is 3.13. The summed E-state index contributed by atoms with van der Waals surface area (Å²) >= 11 is 0. The molecular formula is C19H19FN4O2. The number of carbonyl (C=O) groups is 1. The molecule has 1 aromatic carbocycles. The van der Waals surface area contributed by atoms with Crippen molar-refractivity contribution < 1.29 is 13.9 Å².